The van der Waals surface area contributed by atoms with Crippen LogP contribution in [0, 0.1) is 0 Å². The van der Waals surface area contributed by atoms with Crippen LogP contribution in [0.1, 0.15) is 38.8 Å². The van der Waals surface area contributed by atoms with Gasteiger partial charge in [-0.2, -0.15) is 26.3 Å². The van der Waals surface area contributed by atoms with Crippen molar-refractivity contribution in [2.45, 2.75) is 56.7 Å². The molecule has 1 aliphatic rings. The Morgan fingerprint density at radius 1 is 0.677 bits per heavy atom. The van der Waals surface area contributed by atoms with E-state index in [1.807, 2.05) is 0 Å². The fourth-order valence-electron chi connectivity index (χ4n) is 3.55. The van der Waals surface area contributed by atoms with Crippen LogP contribution in [0.5, 0.6) is 0 Å². The minimum atomic E-state index is -5.63. The molecule has 0 saturated carbocycles. The molecule has 0 unspecified atom stereocenters. The summed E-state index contributed by atoms with van der Waals surface area (Å²) in [6.45, 7) is 7.20. The van der Waals surface area contributed by atoms with E-state index in [-0.39, 0.29) is 0 Å². The van der Waals surface area contributed by atoms with Gasteiger partial charge in [-0.3, -0.25) is 0 Å². The number of halogens is 7. The van der Waals surface area contributed by atoms with Crippen molar-refractivity contribution in [2.24, 2.45) is 0 Å². The summed E-state index contributed by atoms with van der Waals surface area (Å²) in [5.41, 5.74) is -7.11. The maximum atomic E-state index is 14.2. The van der Waals surface area contributed by atoms with Gasteiger partial charge in [0.25, 0.3) is 0 Å². The van der Waals surface area contributed by atoms with Crippen molar-refractivity contribution in [3.63, 3.8) is 0 Å². The van der Waals surface area contributed by atoms with E-state index in [0.717, 1.165) is 36.4 Å². The van der Waals surface area contributed by atoms with Crippen molar-refractivity contribution < 1.29 is 35.7 Å². The SMILES string of the molecule is CC1(C)OB(c2ccc(C(c3ccc(Br)cc3)(C(F)(F)F)C(F)(F)F)cc2)OC1(C)C. The summed E-state index contributed by atoms with van der Waals surface area (Å²) in [6, 6.07) is 8.00. The van der Waals surface area contributed by atoms with Gasteiger partial charge in [-0.25, -0.2) is 0 Å². The molecule has 1 fully saturated rings. The zero-order chi connectivity index (χ0) is 23.5. The molecule has 2 aromatic rings. The van der Waals surface area contributed by atoms with Gasteiger partial charge in [0, 0.05) is 4.47 Å². The Kier molecular flexibility index (Phi) is 5.86. The molecule has 1 saturated heterocycles. The molecule has 168 valence electrons. The minimum Gasteiger partial charge on any atom is -0.399 e. The summed E-state index contributed by atoms with van der Waals surface area (Å²) in [4.78, 5) is 0. The molecule has 3 rings (SSSR count). The van der Waals surface area contributed by atoms with Crippen molar-refractivity contribution in [1.29, 1.82) is 0 Å². The highest BCUT2D eigenvalue weighted by Gasteiger charge is 2.72. The fourth-order valence-corrected chi connectivity index (χ4v) is 3.82. The van der Waals surface area contributed by atoms with Crippen molar-refractivity contribution in [1.82, 2.24) is 0 Å². The van der Waals surface area contributed by atoms with Crippen LogP contribution < -0.4 is 5.46 Å². The van der Waals surface area contributed by atoms with Gasteiger partial charge < -0.3 is 9.31 Å². The standard InChI is InChI=1S/C21H20BBrF6O2/c1-17(2)18(3,4)31-22(30-17)15-9-5-13(6-10-15)19(20(24,25)26,21(27,28)29)14-7-11-16(23)12-8-14/h5-12H,1-4H3. The van der Waals surface area contributed by atoms with E-state index < -0.39 is 47.2 Å². The van der Waals surface area contributed by atoms with Gasteiger partial charge in [-0.05, 0) is 56.4 Å². The molecule has 0 amide bonds. The first kappa shape index (κ1) is 24.1. The molecular weight excluding hydrogens is 489 g/mol. The Balaban J connectivity index is 2.12. The summed E-state index contributed by atoms with van der Waals surface area (Å²) >= 11 is 3.04. The maximum absolute atomic E-state index is 14.2. The molecule has 0 spiro atoms. The third kappa shape index (κ3) is 3.91. The molecule has 31 heavy (non-hydrogen) atoms. The number of hydrogen-bond acceptors (Lipinski definition) is 2. The van der Waals surface area contributed by atoms with E-state index in [1.54, 1.807) is 27.7 Å². The first-order valence-electron chi connectivity index (χ1n) is 9.38. The summed E-state index contributed by atoms with van der Waals surface area (Å²) in [5.74, 6) is 0. The van der Waals surface area contributed by atoms with Gasteiger partial charge in [0.2, 0.25) is 5.41 Å². The van der Waals surface area contributed by atoms with Crippen molar-refractivity contribution >= 4 is 28.5 Å². The lowest BCUT2D eigenvalue weighted by atomic mass is 9.71. The molecule has 0 radical (unpaired) electrons. The molecule has 2 nitrogen and oxygen atoms in total. The summed E-state index contributed by atoms with van der Waals surface area (Å²) in [6.07, 6.45) is -11.3. The molecule has 0 aromatic heterocycles. The van der Waals surface area contributed by atoms with E-state index in [0.29, 0.717) is 9.94 Å². The lowest BCUT2D eigenvalue weighted by Gasteiger charge is -2.38. The molecule has 0 N–H and O–H groups in total. The van der Waals surface area contributed by atoms with Gasteiger partial charge in [0.05, 0.1) is 11.2 Å². The molecule has 2 aromatic carbocycles. The van der Waals surface area contributed by atoms with Crippen LogP contribution in [-0.4, -0.2) is 30.7 Å². The lowest BCUT2D eigenvalue weighted by Crippen LogP contribution is -2.55. The fraction of sp³-hybridized carbons (Fsp3) is 0.429. The second-order valence-electron chi connectivity index (χ2n) is 8.46. The van der Waals surface area contributed by atoms with Crippen LogP contribution >= 0.6 is 15.9 Å². The first-order chi connectivity index (χ1) is 14.0. The molecule has 1 heterocycles. The van der Waals surface area contributed by atoms with E-state index >= 15 is 0 Å². The van der Waals surface area contributed by atoms with Crippen LogP contribution in [0.25, 0.3) is 0 Å². The zero-order valence-corrected chi connectivity index (χ0v) is 18.7. The Labute approximate surface area is 185 Å². The molecule has 0 bridgehead atoms. The monoisotopic (exact) mass is 508 g/mol. The average molecular weight is 509 g/mol. The highest BCUT2D eigenvalue weighted by Crippen LogP contribution is 2.56. The summed E-state index contributed by atoms with van der Waals surface area (Å²) in [7, 11) is -0.905. The number of hydrogen-bond donors (Lipinski definition) is 0. The van der Waals surface area contributed by atoms with E-state index in [9.17, 15) is 26.3 Å². The Morgan fingerprint density at radius 2 is 1.03 bits per heavy atom. The molecular formula is C21H20BBrF6O2. The van der Waals surface area contributed by atoms with Crippen LogP contribution in [0.2, 0.25) is 0 Å². The Hall–Kier alpha value is -1.52. The molecule has 0 aliphatic carbocycles. The van der Waals surface area contributed by atoms with E-state index in [2.05, 4.69) is 15.9 Å². The minimum absolute atomic E-state index is 0.330. The highest BCUT2D eigenvalue weighted by atomic mass is 79.9. The average Bonchev–Trinajstić information content (AvgIpc) is 2.83. The van der Waals surface area contributed by atoms with Crippen LogP contribution in [0.3, 0.4) is 0 Å². The van der Waals surface area contributed by atoms with Crippen LogP contribution in [-0.2, 0) is 14.7 Å². The number of benzene rings is 2. The van der Waals surface area contributed by atoms with Gasteiger partial charge >= 0.3 is 19.5 Å². The smallest absolute Gasteiger partial charge is 0.399 e. The zero-order valence-electron chi connectivity index (χ0n) is 17.2. The largest absolute Gasteiger partial charge is 0.494 e. The summed E-state index contributed by atoms with van der Waals surface area (Å²) < 4.78 is 97.0. The molecule has 10 heteroatoms. The first-order valence-corrected chi connectivity index (χ1v) is 10.2. The Morgan fingerprint density at radius 3 is 1.39 bits per heavy atom. The van der Waals surface area contributed by atoms with Gasteiger partial charge in [0.1, 0.15) is 0 Å². The molecule has 0 atom stereocenters. The normalized spacial score (nSPS) is 19.0. The highest BCUT2D eigenvalue weighted by molar-refractivity contribution is 9.10. The maximum Gasteiger partial charge on any atom is 0.494 e. The Bertz CT molecular complexity index is 906. The second kappa shape index (κ2) is 7.52. The molecule has 1 aliphatic heterocycles. The lowest BCUT2D eigenvalue weighted by molar-refractivity contribution is -0.288. The predicted molar refractivity (Wildman–Crippen MR) is 109 cm³/mol. The number of alkyl halides is 6. The second-order valence-corrected chi connectivity index (χ2v) is 9.38. The predicted octanol–water partition coefficient (Wildman–Crippen LogP) is 6.16. The van der Waals surface area contributed by atoms with Gasteiger partial charge in [-0.15, -0.1) is 0 Å². The van der Waals surface area contributed by atoms with E-state index in [1.165, 1.54) is 12.1 Å². The third-order valence-electron chi connectivity index (χ3n) is 6.00. The van der Waals surface area contributed by atoms with Gasteiger partial charge in [-0.1, -0.05) is 52.3 Å². The van der Waals surface area contributed by atoms with Crippen LogP contribution in [0.4, 0.5) is 26.3 Å². The number of rotatable bonds is 3. The van der Waals surface area contributed by atoms with E-state index in [4.69, 9.17) is 9.31 Å². The third-order valence-corrected chi connectivity index (χ3v) is 6.53. The van der Waals surface area contributed by atoms with Crippen molar-refractivity contribution in [3.8, 4) is 0 Å². The summed E-state index contributed by atoms with van der Waals surface area (Å²) in [5, 5.41) is 0. The topological polar surface area (TPSA) is 18.5 Å². The quantitative estimate of drug-likeness (QED) is 0.365. The van der Waals surface area contributed by atoms with Crippen molar-refractivity contribution in [2.75, 3.05) is 0 Å². The van der Waals surface area contributed by atoms with Crippen LogP contribution in [0.15, 0.2) is 53.0 Å². The van der Waals surface area contributed by atoms with Crippen molar-refractivity contribution in [3.05, 3.63) is 64.1 Å². The van der Waals surface area contributed by atoms with Gasteiger partial charge in [0.15, 0.2) is 0 Å².